The highest BCUT2D eigenvalue weighted by atomic mass is 19.4. The third kappa shape index (κ3) is 42.2. The number of hydrogen-bond acceptors (Lipinski definition) is 18. The van der Waals surface area contributed by atoms with Crippen molar-refractivity contribution in [1.29, 1.82) is 5.26 Å². The summed E-state index contributed by atoms with van der Waals surface area (Å²) in [5.74, 6) is -1.13. The van der Waals surface area contributed by atoms with Crippen LogP contribution in [0.4, 0.5) is 51.1 Å². The van der Waals surface area contributed by atoms with Gasteiger partial charge in [0.05, 0.1) is 30.5 Å². The predicted molar refractivity (Wildman–Crippen MR) is 580 cm³/mol. The number of hydrogen-bond donors (Lipinski definition) is 9. The maximum Gasteiger partial charge on any atom is 0.393 e. The van der Waals surface area contributed by atoms with E-state index in [9.17, 15) is 55.9 Å². The van der Waals surface area contributed by atoms with E-state index < -0.39 is 18.3 Å². The Morgan fingerprint density at radius 1 is 0.299 bits per heavy atom. The number of rotatable bonds is 17. The number of nitrogens with one attached hydrogen (secondary N) is 9. The smallest absolute Gasteiger partial charge is 0.352 e. The van der Waals surface area contributed by atoms with Crippen LogP contribution in [0.5, 0.6) is 0 Å². The molecule has 37 heteroatoms. The molecule has 0 aromatic carbocycles. The summed E-state index contributed by atoms with van der Waals surface area (Å²) < 4.78 is 50.9. The second kappa shape index (κ2) is 61.3. The van der Waals surface area contributed by atoms with Crippen molar-refractivity contribution in [1.82, 2.24) is 121 Å². The first-order valence-electron chi connectivity index (χ1n) is 58.2. The summed E-state index contributed by atoms with van der Waals surface area (Å²) in [6, 6.07) is 9.81. The van der Waals surface area contributed by atoms with Gasteiger partial charge in [-0.05, 0) is 316 Å². The van der Waals surface area contributed by atoms with Crippen LogP contribution in [0.2, 0.25) is 0 Å². The average molecular weight is 2080 g/mol. The lowest BCUT2D eigenvalue weighted by Crippen LogP contribution is -2.53. The first-order valence-corrected chi connectivity index (χ1v) is 58.2. The molecule has 0 aromatic heterocycles. The van der Waals surface area contributed by atoms with Crippen molar-refractivity contribution in [3.63, 3.8) is 0 Å². The molecule has 9 N–H and O–H groups in total. The number of piperidine rings is 8. The molecule has 16 fully saturated rings. The van der Waals surface area contributed by atoms with E-state index in [0.29, 0.717) is 110 Å². The zero-order chi connectivity index (χ0) is 107. The Bertz CT molecular complexity index is 3750. The Kier molecular flexibility index (Phi) is 51.6. The number of carbonyl (C=O) groups excluding carboxylic acids is 8. The third-order valence-corrected chi connectivity index (χ3v) is 34.0. The molecule has 0 spiro atoms. The standard InChI is InChI=1S/2C15H29N3O.C14H24F3N3O.C14H24N4O.C13H24FN3O.3C13H25N3O/c1-12(2)17-8-5-13(6-9-17)16-14(19)18-10-7-15(3,4)11-18;1-12(2)17-10-6-13(7-11-17)16-14(19)18-9-5-8-15(18,3)4;1-10(2)19-7-4-12(5-8-19)18-13(21)20-6-3-11(9-20)14(15,16)17;1-11(2)17-7-4-13(5-8-17)16-14(19)18-6-3-12(9-15)10-18;1-10(2)16-7-4-12(5-8-16)15-13(18)17-6-3-11(14)9-17;1-10(2)16-8-5-11(6-9-16)15-13(17)12-4-3-7-14-12;2*1-11(2)15-9-5-12(6-10-15)14-13(17)16-7-3-4-8-16/h2*12-13H,5-11H2,1-4H3,(H,16,19);10-12H,3-9H2,1-2H3,(H,18,21);11-13H,3-8,10H2,1-2H3,(H,16,19);10-12H,3-9H2,1-2H3,(H,15,18);10-12,14H,3-9H2,1-2H3,(H,15,17);2*11-12H,3-10H2,1-2H3,(H,14,17). The molecule has 846 valence electrons. The van der Waals surface area contributed by atoms with Gasteiger partial charge in [0.15, 0.2) is 0 Å². The van der Waals surface area contributed by atoms with Gasteiger partial charge in [-0.3, -0.25) is 4.79 Å². The van der Waals surface area contributed by atoms with E-state index in [0.717, 1.165) is 305 Å². The molecule has 16 aliphatic heterocycles. The fourth-order valence-electron chi connectivity index (χ4n) is 23.3. The fourth-order valence-corrected chi connectivity index (χ4v) is 23.3. The van der Waals surface area contributed by atoms with Crippen LogP contribution in [-0.2, 0) is 4.79 Å². The van der Waals surface area contributed by atoms with Gasteiger partial charge in [-0.2, -0.15) is 18.4 Å². The van der Waals surface area contributed by atoms with E-state index >= 15 is 0 Å². The van der Waals surface area contributed by atoms with Gasteiger partial charge in [-0.25, -0.2) is 38.0 Å². The van der Waals surface area contributed by atoms with Crippen molar-refractivity contribution in [2.45, 2.75) is 439 Å². The van der Waals surface area contributed by atoms with E-state index in [4.69, 9.17) is 5.26 Å². The molecular weight excluding hydrogens is 1880 g/mol. The molecule has 0 saturated carbocycles. The zero-order valence-corrected chi connectivity index (χ0v) is 95.0. The Morgan fingerprint density at radius 3 is 0.823 bits per heavy atom. The van der Waals surface area contributed by atoms with E-state index in [1.54, 1.807) is 9.80 Å². The number of likely N-dealkylation sites (tertiary alicyclic amines) is 15. The third-order valence-electron chi connectivity index (χ3n) is 34.0. The number of halogens is 4. The Hall–Kier alpha value is -6.79. The van der Waals surface area contributed by atoms with Crippen molar-refractivity contribution in [3.8, 4) is 6.07 Å². The normalized spacial score (nSPS) is 25.3. The lowest BCUT2D eigenvalue weighted by Gasteiger charge is -2.37. The number of alkyl halides is 4. The van der Waals surface area contributed by atoms with Gasteiger partial charge in [0.2, 0.25) is 5.91 Å². The predicted octanol–water partition coefficient (Wildman–Crippen LogP) is 14.3. The zero-order valence-electron chi connectivity index (χ0n) is 95.0. The van der Waals surface area contributed by atoms with Crippen molar-refractivity contribution < 1.29 is 55.9 Å². The summed E-state index contributed by atoms with van der Waals surface area (Å²) in [6.07, 6.45) is 23.1. The van der Waals surface area contributed by atoms with Gasteiger partial charge in [-0.1, -0.05) is 13.8 Å². The summed E-state index contributed by atoms with van der Waals surface area (Å²) in [6.45, 7) is 71.0. The van der Waals surface area contributed by atoms with Gasteiger partial charge in [-0.15, -0.1) is 0 Å². The Labute approximate surface area is 884 Å². The minimum Gasteiger partial charge on any atom is -0.352 e. The van der Waals surface area contributed by atoms with E-state index in [2.05, 4.69) is 232 Å². The topological polar surface area (TPSA) is 317 Å². The van der Waals surface area contributed by atoms with Crippen molar-refractivity contribution in [3.05, 3.63) is 0 Å². The highest BCUT2D eigenvalue weighted by Crippen LogP contribution is 2.35. The van der Waals surface area contributed by atoms with Gasteiger partial charge in [0, 0.05) is 285 Å². The molecule has 16 saturated heterocycles. The van der Waals surface area contributed by atoms with Crippen LogP contribution in [-0.4, -0.2) is 439 Å². The average Bonchev–Trinajstić information content (AvgIpc) is 1.68. The minimum atomic E-state index is -4.20. The molecule has 147 heavy (non-hydrogen) atoms. The summed E-state index contributed by atoms with van der Waals surface area (Å²) >= 11 is 0. The maximum atomic E-state index is 13.0. The van der Waals surface area contributed by atoms with E-state index in [1.165, 1.54) is 30.6 Å². The van der Waals surface area contributed by atoms with Crippen molar-refractivity contribution in [2.75, 3.05) is 196 Å². The highest BCUT2D eigenvalue weighted by molar-refractivity contribution is 5.82. The molecule has 0 aliphatic carbocycles. The van der Waals surface area contributed by atoms with Gasteiger partial charge in [0.25, 0.3) is 0 Å². The van der Waals surface area contributed by atoms with Crippen LogP contribution < -0.4 is 47.9 Å². The van der Waals surface area contributed by atoms with Gasteiger partial charge >= 0.3 is 48.4 Å². The molecule has 0 radical (unpaired) electrons. The van der Waals surface area contributed by atoms with Gasteiger partial charge < -0.3 is 121 Å². The quantitative estimate of drug-likeness (QED) is 0.0611. The number of amides is 15. The SMILES string of the molecule is CC(C)N1CCC(NC(=O)C2CCCN2)CC1.CC(C)N1CCC(NC(=O)N2CCC(C#N)C2)CC1.CC(C)N1CCC(NC(=O)N2CCC(C(F)(F)F)C2)CC1.CC(C)N1CCC(NC(=O)N2CCC(C)(C)C2)CC1.CC(C)N1CCC(NC(=O)N2CCC(F)C2)CC1.CC(C)N1CCC(NC(=O)N2CCCC2(C)C)CC1.CC(C)N1CCC(NC(=O)N2CCCC2)CC1.CC(C)N1CCC(NC(=O)N2CCCC2)CC1. The maximum absolute atomic E-state index is 13.0. The van der Waals surface area contributed by atoms with Crippen LogP contribution in [0.1, 0.15) is 318 Å². The fraction of sp³-hybridized carbons (Fsp3) is 0.918. The summed E-state index contributed by atoms with van der Waals surface area (Å²) in [4.78, 5) is 129. The molecule has 33 nitrogen and oxygen atoms in total. The van der Waals surface area contributed by atoms with Crippen molar-refractivity contribution in [2.24, 2.45) is 17.3 Å². The number of urea groups is 7. The first kappa shape index (κ1) is 124. The number of nitrogens with zero attached hydrogens (tertiary/aromatic N) is 16. The van der Waals surface area contributed by atoms with Crippen LogP contribution in [0, 0.1) is 28.6 Å². The van der Waals surface area contributed by atoms with Crippen molar-refractivity contribution >= 4 is 48.1 Å². The molecular formula is C110H205F4N25O8. The molecule has 0 bridgehead atoms. The molecule has 4 atom stereocenters. The molecule has 15 amide bonds. The largest absolute Gasteiger partial charge is 0.393 e. The van der Waals surface area contributed by atoms with Gasteiger partial charge in [0.1, 0.15) is 6.17 Å². The molecule has 16 rings (SSSR count). The first-order chi connectivity index (χ1) is 69.7. The monoisotopic (exact) mass is 2080 g/mol. The molecule has 0 aromatic rings. The number of carbonyl (C=O) groups is 8. The van der Waals surface area contributed by atoms with Crippen LogP contribution >= 0.6 is 0 Å². The van der Waals surface area contributed by atoms with Crippen LogP contribution in [0.25, 0.3) is 0 Å². The number of nitriles is 1. The van der Waals surface area contributed by atoms with E-state index in [1.807, 2.05) is 19.6 Å². The highest BCUT2D eigenvalue weighted by Gasteiger charge is 2.46. The van der Waals surface area contributed by atoms with Crippen LogP contribution in [0.3, 0.4) is 0 Å². The lowest BCUT2D eigenvalue weighted by molar-refractivity contribution is -0.169. The molecule has 4 unspecified atom stereocenters. The lowest BCUT2D eigenvalue weighted by atomic mass is 9.93. The minimum absolute atomic E-state index is 0.0146. The molecule has 16 aliphatic rings. The summed E-state index contributed by atoms with van der Waals surface area (Å²) in [5, 5.41) is 37.1. The Balaban J connectivity index is 0.000000187. The summed E-state index contributed by atoms with van der Waals surface area (Å²) in [7, 11) is 0. The second-order valence-electron chi connectivity index (χ2n) is 48.7. The van der Waals surface area contributed by atoms with E-state index in [-0.39, 0.29) is 104 Å². The second-order valence-corrected chi connectivity index (χ2v) is 48.7. The molecule has 16 heterocycles. The Morgan fingerprint density at radius 2 is 0.578 bits per heavy atom. The summed E-state index contributed by atoms with van der Waals surface area (Å²) in [5.41, 5.74) is 0.321. The van der Waals surface area contributed by atoms with Crippen LogP contribution in [0.15, 0.2) is 0 Å².